The minimum absolute atomic E-state index is 0.515. The molecule has 0 saturated heterocycles. The Morgan fingerprint density at radius 1 is 1.19 bits per heavy atom. The number of nitrogens with zero attached hydrogens (tertiary/aromatic N) is 2. The van der Waals surface area contributed by atoms with Crippen molar-refractivity contribution in [3.05, 3.63) is 36.0 Å². The zero-order valence-corrected chi connectivity index (χ0v) is 12.5. The minimum Gasteiger partial charge on any atom is -0.495 e. The van der Waals surface area contributed by atoms with Gasteiger partial charge in [0, 0.05) is 19.9 Å². The van der Waals surface area contributed by atoms with Crippen LogP contribution in [0.15, 0.2) is 30.5 Å². The van der Waals surface area contributed by atoms with Crippen LogP contribution in [0.4, 0.5) is 17.5 Å². The van der Waals surface area contributed by atoms with E-state index in [0.29, 0.717) is 19.1 Å². The van der Waals surface area contributed by atoms with E-state index < -0.39 is 0 Å². The number of nitrogens with one attached hydrogen (secondary N) is 2. The number of rotatable bonds is 7. The summed E-state index contributed by atoms with van der Waals surface area (Å²) in [6.45, 7) is 3.34. The van der Waals surface area contributed by atoms with E-state index in [2.05, 4.69) is 20.6 Å². The Morgan fingerprint density at radius 3 is 2.81 bits per heavy atom. The maximum Gasteiger partial charge on any atom is 0.229 e. The molecule has 1 heterocycles. The molecular weight excluding hydrogens is 268 g/mol. The summed E-state index contributed by atoms with van der Waals surface area (Å²) in [5, 5.41) is 6.34. The van der Waals surface area contributed by atoms with Crippen LogP contribution < -0.4 is 15.4 Å². The molecule has 0 unspecified atom stereocenters. The van der Waals surface area contributed by atoms with Crippen molar-refractivity contribution in [3.8, 4) is 5.75 Å². The molecule has 0 amide bonds. The summed E-state index contributed by atoms with van der Waals surface area (Å²) in [7, 11) is 3.30. The first-order valence-electron chi connectivity index (χ1n) is 6.70. The number of aromatic nitrogens is 2. The highest BCUT2D eigenvalue weighted by atomic mass is 16.5. The first kappa shape index (κ1) is 15.1. The molecule has 0 aliphatic rings. The van der Waals surface area contributed by atoms with Gasteiger partial charge in [0.15, 0.2) is 0 Å². The number of anilines is 3. The SMILES string of the molecule is COCCNc1ccnc(Nc2cc(C)ccc2OC)n1. The van der Waals surface area contributed by atoms with Gasteiger partial charge in [-0.05, 0) is 30.7 Å². The topological polar surface area (TPSA) is 68.3 Å². The van der Waals surface area contributed by atoms with E-state index >= 15 is 0 Å². The molecule has 0 radical (unpaired) electrons. The molecule has 2 aromatic rings. The van der Waals surface area contributed by atoms with Crippen molar-refractivity contribution in [2.75, 3.05) is 38.0 Å². The van der Waals surface area contributed by atoms with Crippen LogP contribution in [-0.4, -0.2) is 37.3 Å². The van der Waals surface area contributed by atoms with E-state index in [0.717, 1.165) is 22.8 Å². The Morgan fingerprint density at radius 2 is 2.05 bits per heavy atom. The number of hydrogen-bond donors (Lipinski definition) is 2. The van der Waals surface area contributed by atoms with E-state index in [1.807, 2.05) is 31.2 Å². The van der Waals surface area contributed by atoms with Gasteiger partial charge in [0.2, 0.25) is 5.95 Å². The predicted molar refractivity (Wildman–Crippen MR) is 83.4 cm³/mol. The van der Waals surface area contributed by atoms with Gasteiger partial charge in [0.25, 0.3) is 0 Å². The Bertz CT molecular complexity index is 590. The van der Waals surface area contributed by atoms with Crippen LogP contribution in [0.2, 0.25) is 0 Å². The summed E-state index contributed by atoms with van der Waals surface area (Å²) in [5.74, 6) is 2.01. The standard InChI is InChI=1S/C15H20N4O2/c1-11-4-5-13(21-3)12(10-11)18-15-17-7-6-14(19-15)16-8-9-20-2/h4-7,10H,8-9H2,1-3H3,(H2,16,17,18,19). The smallest absolute Gasteiger partial charge is 0.229 e. The minimum atomic E-state index is 0.515. The fourth-order valence-electron chi connectivity index (χ4n) is 1.84. The monoisotopic (exact) mass is 288 g/mol. The lowest BCUT2D eigenvalue weighted by molar-refractivity contribution is 0.210. The highest BCUT2D eigenvalue weighted by Gasteiger charge is 2.06. The van der Waals surface area contributed by atoms with Crippen molar-refractivity contribution in [2.45, 2.75) is 6.92 Å². The zero-order chi connectivity index (χ0) is 15.1. The quantitative estimate of drug-likeness (QED) is 0.763. The van der Waals surface area contributed by atoms with Crippen molar-refractivity contribution in [3.63, 3.8) is 0 Å². The van der Waals surface area contributed by atoms with E-state index in [9.17, 15) is 0 Å². The van der Waals surface area contributed by atoms with Gasteiger partial charge < -0.3 is 20.1 Å². The van der Waals surface area contributed by atoms with Crippen LogP contribution in [-0.2, 0) is 4.74 Å². The van der Waals surface area contributed by atoms with Gasteiger partial charge in [-0.3, -0.25) is 0 Å². The molecule has 1 aromatic heterocycles. The van der Waals surface area contributed by atoms with E-state index in [1.54, 1.807) is 20.4 Å². The Labute approximate surface area is 124 Å². The van der Waals surface area contributed by atoms with E-state index in [-0.39, 0.29) is 0 Å². The van der Waals surface area contributed by atoms with E-state index in [4.69, 9.17) is 9.47 Å². The van der Waals surface area contributed by atoms with Crippen LogP contribution in [0.1, 0.15) is 5.56 Å². The number of aryl methyl sites for hydroxylation is 1. The lowest BCUT2D eigenvalue weighted by atomic mass is 10.2. The van der Waals surface area contributed by atoms with Crippen LogP contribution in [0, 0.1) is 6.92 Å². The summed E-state index contributed by atoms with van der Waals surface area (Å²) in [4.78, 5) is 8.62. The molecule has 1 aromatic carbocycles. The molecule has 2 N–H and O–H groups in total. The summed E-state index contributed by atoms with van der Waals surface area (Å²) in [5.41, 5.74) is 1.97. The second-order valence-electron chi connectivity index (χ2n) is 4.51. The van der Waals surface area contributed by atoms with Crippen molar-refractivity contribution in [1.29, 1.82) is 0 Å². The Balaban J connectivity index is 2.12. The highest BCUT2D eigenvalue weighted by molar-refractivity contribution is 5.64. The van der Waals surface area contributed by atoms with Gasteiger partial charge in [-0.25, -0.2) is 4.98 Å². The maximum atomic E-state index is 5.33. The molecule has 0 fully saturated rings. The fraction of sp³-hybridized carbons (Fsp3) is 0.333. The van der Waals surface area contributed by atoms with Gasteiger partial charge in [0.1, 0.15) is 11.6 Å². The largest absolute Gasteiger partial charge is 0.495 e. The number of hydrogen-bond acceptors (Lipinski definition) is 6. The molecule has 0 aliphatic heterocycles. The van der Waals surface area contributed by atoms with Crippen LogP contribution in [0.3, 0.4) is 0 Å². The molecule has 0 bridgehead atoms. The Kier molecular flexibility index (Phi) is 5.34. The van der Waals surface area contributed by atoms with Crippen molar-refractivity contribution >= 4 is 17.5 Å². The molecule has 6 nitrogen and oxygen atoms in total. The summed E-state index contributed by atoms with van der Waals surface area (Å²) in [6, 6.07) is 7.72. The number of ether oxygens (including phenoxy) is 2. The normalized spacial score (nSPS) is 10.2. The number of benzene rings is 1. The van der Waals surface area contributed by atoms with Gasteiger partial charge >= 0.3 is 0 Å². The third-order valence-corrected chi connectivity index (χ3v) is 2.87. The highest BCUT2D eigenvalue weighted by Crippen LogP contribution is 2.27. The summed E-state index contributed by atoms with van der Waals surface area (Å²) >= 11 is 0. The molecule has 21 heavy (non-hydrogen) atoms. The summed E-state index contributed by atoms with van der Waals surface area (Å²) in [6.07, 6.45) is 1.70. The van der Waals surface area contributed by atoms with Gasteiger partial charge in [0.05, 0.1) is 19.4 Å². The zero-order valence-electron chi connectivity index (χ0n) is 12.5. The average molecular weight is 288 g/mol. The van der Waals surface area contributed by atoms with Crippen molar-refractivity contribution in [1.82, 2.24) is 9.97 Å². The molecule has 0 atom stereocenters. The Hall–Kier alpha value is -2.34. The lowest BCUT2D eigenvalue weighted by Gasteiger charge is -2.11. The molecule has 2 rings (SSSR count). The molecule has 112 valence electrons. The lowest BCUT2D eigenvalue weighted by Crippen LogP contribution is -2.09. The summed E-state index contributed by atoms with van der Waals surface area (Å²) < 4.78 is 10.3. The first-order chi connectivity index (χ1) is 10.2. The average Bonchev–Trinajstić information content (AvgIpc) is 2.48. The van der Waals surface area contributed by atoms with E-state index in [1.165, 1.54) is 0 Å². The van der Waals surface area contributed by atoms with Crippen LogP contribution in [0.5, 0.6) is 5.75 Å². The third kappa shape index (κ3) is 4.32. The predicted octanol–water partition coefficient (Wildman–Crippen LogP) is 2.60. The van der Waals surface area contributed by atoms with Gasteiger partial charge in [-0.2, -0.15) is 4.98 Å². The third-order valence-electron chi connectivity index (χ3n) is 2.87. The van der Waals surface area contributed by atoms with Crippen molar-refractivity contribution < 1.29 is 9.47 Å². The molecule has 0 aliphatic carbocycles. The van der Waals surface area contributed by atoms with Crippen LogP contribution in [0.25, 0.3) is 0 Å². The number of methoxy groups -OCH3 is 2. The van der Waals surface area contributed by atoms with Gasteiger partial charge in [-0.1, -0.05) is 6.07 Å². The molecule has 0 saturated carbocycles. The van der Waals surface area contributed by atoms with Crippen molar-refractivity contribution in [2.24, 2.45) is 0 Å². The first-order valence-corrected chi connectivity index (χ1v) is 6.70. The second-order valence-corrected chi connectivity index (χ2v) is 4.51. The van der Waals surface area contributed by atoms with Crippen LogP contribution >= 0.6 is 0 Å². The molecular formula is C15H20N4O2. The molecule has 0 spiro atoms. The second kappa shape index (κ2) is 7.44. The fourth-order valence-corrected chi connectivity index (χ4v) is 1.84. The maximum absolute atomic E-state index is 5.33. The molecule has 6 heteroatoms. The van der Waals surface area contributed by atoms with Gasteiger partial charge in [-0.15, -0.1) is 0 Å².